The second-order valence-corrected chi connectivity index (χ2v) is 7.86. The van der Waals surface area contributed by atoms with E-state index >= 15 is 0 Å². The molecule has 1 aromatic carbocycles. The lowest BCUT2D eigenvalue weighted by atomic mass is 9.67. The number of hydrogen-bond acceptors (Lipinski definition) is 3. The average Bonchev–Trinajstić information content (AvgIpc) is 2.64. The van der Waals surface area contributed by atoms with Crippen molar-refractivity contribution in [2.75, 3.05) is 0 Å². The standard InChI is InChI=1S/C22H32O3/c1-17(24-22(23)25-20-15-9-4-10-16-20)21(18-11-5-2-6-12-18)19-13-7-3-8-14-19/h4,9-10,15-19,21H,2-3,5-8,11-14H2,1H3. The summed E-state index contributed by atoms with van der Waals surface area (Å²) in [5.74, 6) is 2.45. The molecule has 138 valence electrons. The highest BCUT2D eigenvalue weighted by Crippen LogP contribution is 2.42. The van der Waals surface area contributed by atoms with Gasteiger partial charge >= 0.3 is 6.16 Å². The number of para-hydroxylation sites is 1. The first kappa shape index (κ1) is 18.3. The Labute approximate surface area is 152 Å². The Kier molecular flexibility index (Phi) is 6.77. The van der Waals surface area contributed by atoms with Crippen molar-refractivity contribution in [2.24, 2.45) is 17.8 Å². The summed E-state index contributed by atoms with van der Waals surface area (Å²) in [5.41, 5.74) is 0. The Bertz CT molecular complexity index is 497. The lowest BCUT2D eigenvalue weighted by Gasteiger charge is -2.40. The van der Waals surface area contributed by atoms with E-state index in [1.807, 2.05) is 18.2 Å². The maximum Gasteiger partial charge on any atom is 0.514 e. The van der Waals surface area contributed by atoms with E-state index in [2.05, 4.69) is 6.92 Å². The first-order chi connectivity index (χ1) is 12.2. The second kappa shape index (κ2) is 9.26. The van der Waals surface area contributed by atoms with Gasteiger partial charge in [-0.3, -0.25) is 0 Å². The van der Waals surface area contributed by atoms with E-state index in [1.165, 1.54) is 64.2 Å². The second-order valence-electron chi connectivity index (χ2n) is 7.86. The van der Waals surface area contributed by atoms with Crippen molar-refractivity contribution < 1.29 is 14.3 Å². The van der Waals surface area contributed by atoms with Crippen LogP contribution in [0.1, 0.15) is 71.1 Å². The number of ether oxygens (including phenoxy) is 2. The number of rotatable bonds is 5. The molecule has 0 spiro atoms. The van der Waals surface area contributed by atoms with Crippen molar-refractivity contribution in [3.8, 4) is 5.75 Å². The third-order valence-electron chi connectivity index (χ3n) is 6.16. The highest BCUT2D eigenvalue weighted by Gasteiger charge is 2.37. The van der Waals surface area contributed by atoms with Crippen molar-refractivity contribution in [1.82, 2.24) is 0 Å². The molecule has 0 radical (unpaired) electrons. The molecule has 2 saturated carbocycles. The van der Waals surface area contributed by atoms with Gasteiger partial charge < -0.3 is 9.47 Å². The van der Waals surface area contributed by atoms with Crippen LogP contribution in [0.2, 0.25) is 0 Å². The zero-order valence-electron chi connectivity index (χ0n) is 15.5. The van der Waals surface area contributed by atoms with Crippen LogP contribution in [-0.4, -0.2) is 12.3 Å². The Balaban J connectivity index is 1.63. The summed E-state index contributed by atoms with van der Waals surface area (Å²) >= 11 is 0. The zero-order valence-corrected chi connectivity index (χ0v) is 15.5. The summed E-state index contributed by atoms with van der Waals surface area (Å²) in [5, 5.41) is 0. The molecule has 0 aromatic heterocycles. The quantitative estimate of drug-likeness (QED) is 0.460. The Morgan fingerprint density at radius 2 is 1.40 bits per heavy atom. The van der Waals surface area contributed by atoms with Crippen LogP contribution < -0.4 is 4.74 Å². The van der Waals surface area contributed by atoms with E-state index in [-0.39, 0.29) is 6.10 Å². The SMILES string of the molecule is CC(OC(=O)Oc1ccccc1)C(C1CCCCC1)C1CCCCC1. The van der Waals surface area contributed by atoms with Gasteiger partial charge in [0.1, 0.15) is 11.9 Å². The van der Waals surface area contributed by atoms with Gasteiger partial charge in [-0.05, 0) is 30.9 Å². The van der Waals surface area contributed by atoms with Crippen LogP contribution in [0.3, 0.4) is 0 Å². The fourth-order valence-electron chi connectivity index (χ4n) is 5.03. The number of benzene rings is 1. The summed E-state index contributed by atoms with van der Waals surface area (Å²) in [6.07, 6.45) is 12.6. The van der Waals surface area contributed by atoms with Crippen LogP contribution in [0.4, 0.5) is 4.79 Å². The summed E-state index contributed by atoms with van der Waals surface area (Å²) in [4.78, 5) is 12.2. The third kappa shape index (κ3) is 5.23. The van der Waals surface area contributed by atoms with E-state index in [4.69, 9.17) is 9.47 Å². The van der Waals surface area contributed by atoms with Crippen LogP contribution in [0.15, 0.2) is 30.3 Å². The molecule has 0 bridgehead atoms. The number of carbonyl (C=O) groups is 1. The van der Waals surface area contributed by atoms with Gasteiger partial charge in [-0.1, -0.05) is 82.4 Å². The molecule has 1 aromatic rings. The molecule has 3 rings (SSSR count). The van der Waals surface area contributed by atoms with Crippen LogP contribution in [0.5, 0.6) is 5.75 Å². The van der Waals surface area contributed by atoms with Gasteiger partial charge in [0.2, 0.25) is 0 Å². The Morgan fingerprint density at radius 3 is 1.92 bits per heavy atom. The van der Waals surface area contributed by atoms with Gasteiger partial charge in [-0.25, -0.2) is 4.79 Å². The van der Waals surface area contributed by atoms with E-state index in [0.717, 1.165) is 0 Å². The molecule has 25 heavy (non-hydrogen) atoms. The molecule has 3 nitrogen and oxygen atoms in total. The van der Waals surface area contributed by atoms with Crippen LogP contribution in [0.25, 0.3) is 0 Å². The zero-order chi connectivity index (χ0) is 17.5. The predicted molar refractivity (Wildman–Crippen MR) is 99.7 cm³/mol. The molecule has 0 amide bonds. The normalized spacial score (nSPS) is 21.0. The van der Waals surface area contributed by atoms with Crippen LogP contribution in [-0.2, 0) is 4.74 Å². The summed E-state index contributed by atoms with van der Waals surface area (Å²) in [6.45, 7) is 2.08. The van der Waals surface area contributed by atoms with E-state index in [1.54, 1.807) is 12.1 Å². The van der Waals surface area contributed by atoms with E-state index in [0.29, 0.717) is 23.5 Å². The predicted octanol–water partition coefficient (Wildman–Crippen LogP) is 6.37. The Hall–Kier alpha value is -1.51. The molecule has 1 atom stereocenters. The highest BCUT2D eigenvalue weighted by atomic mass is 16.7. The maximum absolute atomic E-state index is 12.2. The minimum absolute atomic E-state index is 0.0672. The van der Waals surface area contributed by atoms with Crippen molar-refractivity contribution in [1.29, 1.82) is 0 Å². The Morgan fingerprint density at radius 1 is 0.880 bits per heavy atom. The molecule has 2 aliphatic rings. The molecule has 3 heteroatoms. The van der Waals surface area contributed by atoms with Crippen molar-refractivity contribution in [3.05, 3.63) is 30.3 Å². The minimum atomic E-state index is -0.560. The summed E-state index contributed by atoms with van der Waals surface area (Å²) in [7, 11) is 0. The van der Waals surface area contributed by atoms with Crippen LogP contribution in [0, 0.1) is 17.8 Å². The highest BCUT2D eigenvalue weighted by molar-refractivity contribution is 5.63. The topological polar surface area (TPSA) is 35.5 Å². The maximum atomic E-state index is 12.2. The van der Waals surface area contributed by atoms with Gasteiger partial charge in [0.15, 0.2) is 0 Å². The molecular formula is C22H32O3. The summed E-state index contributed by atoms with van der Waals surface area (Å²) in [6, 6.07) is 9.19. The third-order valence-corrected chi connectivity index (χ3v) is 6.16. The first-order valence-corrected chi connectivity index (χ1v) is 10.2. The van der Waals surface area contributed by atoms with Gasteiger partial charge in [-0.2, -0.15) is 0 Å². The van der Waals surface area contributed by atoms with Gasteiger partial charge in [0.05, 0.1) is 0 Å². The lowest BCUT2D eigenvalue weighted by molar-refractivity contribution is -0.0123. The molecular weight excluding hydrogens is 312 g/mol. The molecule has 2 fully saturated rings. The molecule has 0 aliphatic heterocycles. The fraction of sp³-hybridized carbons (Fsp3) is 0.682. The van der Waals surface area contributed by atoms with Crippen molar-refractivity contribution in [3.63, 3.8) is 0 Å². The first-order valence-electron chi connectivity index (χ1n) is 10.2. The molecule has 2 aliphatic carbocycles. The van der Waals surface area contributed by atoms with Gasteiger partial charge in [0, 0.05) is 5.92 Å². The van der Waals surface area contributed by atoms with Gasteiger partial charge in [0.25, 0.3) is 0 Å². The average molecular weight is 344 g/mol. The molecule has 0 saturated heterocycles. The van der Waals surface area contributed by atoms with Crippen molar-refractivity contribution in [2.45, 2.75) is 77.2 Å². The van der Waals surface area contributed by atoms with Crippen molar-refractivity contribution >= 4 is 6.16 Å². The number of hydrogen-bond donors (Lipinski definition) is 0. The monoisotopic (exact) mass is 344 g/mol. The molecule has 0 N–H and O–H groups in total. The lowest BCUT2D eigenvalue weighted by Crippen LogP contribution is -2.38. The van der Waals surface area contributed by atoms with E-state index < -0.39 is 6.16 Å². The van der Waals surface area contributed by atoms with E-state index in [9.17, 15) is 4.79 Å². The van der Waals surface area contributed by atoms with Gasteiger partial charge in [-0.15, -0.1) is 0 Å². The van der Waals surface area contributed by atoms with Crippen LogP contribution >= 0.6 is 0 Å². The molecule has 0 heterocycles. The largest absolute Gasteiger partial charge is 0.514 e. The fourth-order valence-corrected chi connectivity index (χ4v) is 5.03. The smallest absolute Gasteiger partial charge is 0.431 e. The number of carbonyl (C=O) groups excluding carboxylic acids is 1. The molecule has 1 unspecified atom stereocenters. The minimum Gasteiger partial charge on any atom is -0.431 e. The summed E-state index contributed by atoms with van der Waals surface area (Å²) < 4.78 is 11.1.